The molecular weight excluding hydrogens is 334 g/mol. The number of aromatic amines is 1. The molecule has 0 fully saturated rings. The predicted molar refractivity (Wildman–Crippen MR) is 90.6 cm³/mol. The third kappa shape index (κ3) is 3.30. The van der Waals surface area contributed by atoms with Crippen molar-refractivity contribution in [2.24, 2.45) is 0 Å². The number of hydrogen-bond acceptors (Lipinski definition) is 4. The van der Waals surface area contributed by atoms with Crippen LogP contribution < -0.4 is 0 Å². The van der Waals surface area contributed by atoms with Crippen molar-refractivity contribution in [1.82, 2.24) is 24.9 Å². The SMILES string of the molecule is CCn1cc(Cl)c(CN(C)C(=O)c2cc(-c3cccs3)[nH]n2)n1. The Morgan fingerprint density at radius 2 is 2.35 bits per heavy atom. The van der Waals surface area contributed by atoms with Crippen molar-refractivity contribution in [3.05, 3.63) is 46.2 Å². The minimum Gasteiger partial charge on any atom is -0.334 e. The van der Waals surface area contributed by atoms with Crippen LogP contribution in [0.4, 0.5) is 0 Å². The quantitative estimate of drug-likeness (QED) is 0.768. The smallest absolute Gasteiger partial charge is 0.274 e. The van der Waals surface area contributed by atoms with E-state index in [0.29, 0.717) is 23.0 Å². The molecule has 0 unspecified atom stereocenters. The van der Waals surface area contributed by atoms with Gasteiger partial charge in [0.2, 0.25) is 0 Å². The van der Waals surface area contributed by atoms with Crippen LogP contribution in [0.15, 0.2) is 29.8 Å². The number of thiophene rings is 1. The van der Waals surface area contributed by atoms with Crippen molar-refractivity contribution in [2.75, 3.05) is 7.05 Å². The first-order valence-electron chi connectivity index (χ1n) is 7.15. The highest BCUT2D eigenvalue weighted by Gasteiger charge is 2.18. The van der Waals surface area contributed by atoms with E-state index in [1.807, 2.05) is 24.4 Å². The molecule has 0 aromatic carbocycles. The Labute approximate surface area is 142 Å². The summed E-state index contributed by atoms with van der Waals surface area (Å²) in [5.74, 6) is -0.175. The normalized spacial score (nSPS) is 10.9. The van der Waals surface area contributed by atoms with Crippen LogP contribution in [0.1, 0.15) is 23.1 Å². The summed E-state index contributed by atoms with van der Waals surface area (Å²) in [5.41, 5.74) is 1.89. The van der Waals surface area contributed by atoms with Crippen LogP contribution in [0.3, 0.4) is 0 Å². The Kier molecular flexibility index (Phi) is 4.49. The molecule has 1 N–H and O–H groups in total. The van der Waals surface area contributed by atoms with Crippen LogP contribution in [0.25, 0.3) is 10.6 Å². The highest BCUT2D eigenvalue weighted by atomic mass is 35.5. The Balaban J connectivity index is 1.73. The van der Waals surface area contributed by atoms with E-state index >= 15 is 0 Å². The first kappa shape index (κ1) is 15.8. The summed E-state index contributed by atoms with van der Waals surface area (Å²) in [4.78, 5) is 15.1. The first-order valence-corrected chi connectivity index (χ1v) is 8.40. The fourth-order valence-corrected chi connectivity index (χ4v) is 3.09. The minimum atomic E-state index is -0.175. The molecule has 3 aromatic rings. The van der Waals surface area contributed by atoms with Crippen LogP contribution >= 0.6 is 22.9 Å². The average Bonchev–Trinajstić information content (AvgIpc) is 3.27. The van der Waals surface area contributed by atoms with Gasteiger partial charge in [0, 0.05) is 19.8 Å². The molecule has 3 heterocycles. The topological polar surface area (TPSA) is 66.8 Å². The molecule has 0 bridgehead atoms. The lowest BCUT2D eigenvalue weighted by atomic mass is 10.3. The van der Waals surface area contributed by atoms with E-state index in [-0.39, 0.29) is 5.91 Å². The zero-order chi connectivity index (χ0) is 16.4. The zero-order valence-electron chi connectivity index (χ0n) is 12.8. The van der Waals surface area contributed by atoms with Gasteiger partial charge in [0.25, 0.3) is 5.91 Å². The number of rotatable bonds is 5. The van der Waals surface area contributed by atoms with Gasteiger partial charge >= 0.3 is 0 Å². The number of hydrogen-bond donors (Lipinski definition) is 1. The summed E-state index contributed by atoms with van der Waals surface area (Å²) < 4.78 is 1.75. The molecule has 6 nitrogen and oxygen atoms in total. The summed E-state index contributed by atoms with van der Waals surface area (Å²) in [6.07, 6.45) is 1.76. The van der Waals surface area contributed by atoms with E-state index in [0.717, 1.165) is 17.1 Å². The summed E-state index contributed by atoms with van der Waals surface area (Å²) in [6, 6.07) is 5.70. The monoisotopic (exact) mass is 349 g/mol. The number of aryl methyl sites for hydroxylation is 1. The number of halogens is 1. The van der Waals surface area contributed by atoms with Crippen LogP contribution in [-0.4, -0.2) is 37.8 Å². The minimum absolute atomic E-state index is 0.175. The molecule has 0 aliphatic carbocycles. The number of carbonyl (C=O) groups is 1. The molecule has 23 heavy (non-hydrogen) atoms. The largest absolute Gasteiger partial charge is 0.334 e. The van der Waals surface area contributed by atoms with Crippen LogP contribution in [-0.2, 0) is 13.1 Å². The van der Waals surface area contributed by atoms with Crippen molar-refractivity contribution in [2.45, 2.75) is 20.0 Å². The Hall–Kier alpha value is -2.12. The summed E-state index contributed by atoms with van der Waals surface area (Å²) in [7, 11) is 1.71. The maximum Gasteiger partial charge on any atom is 0.274 e. The van der Waals surface area contributed by atoms with E-state index < -0.39 is 0 Å². The predicted octanol–water partition coefficient (Wildman–Crippen LogP) is 3.28. The number of amides is 1. The molecular formula is C15H16ClN5OS. The van der Waals surface area contributed by atoms with E-state index in [1.165, 1.54) is 0 Å². The molecule has 0 spiro atoms. The van der Waals surface area contributed by atoms with Gasteiger partial charge in [0.15, 0.2) is 5.69 Å². The van der Waals surface area contributed by atoms with Crippen LogP contribution in [0, 0.1) is 0 Å². The zero-order valence-corrected chi connectivity index (χ0v) is 14.4. The molecule has 120 valence electrons. The van der Waals surface area contributed by atoms with Gasteiger partial charge in [0.1, 0.15) is 5.69 Å². The molecule has 3 aromatic heterocycles. The van der Waals surface area contributed by atoms with Gasteiger partial charge in [-0.3, -0.25) is 14.6 Å². The van der Waals surface area contributed by atoms with Gasteiger partial charge < -0.3 is 4.90 Å². The number of H-pyrrole nitrogens is 1. The molecule has 0 saturated heterocycles. The maximum absolute atomic E-state index is 12.5. The Morgan fingerprint density at radius 1 is 1.52 bits per heavy atom. The third-order valence-corrected chi connectivity index (χ3v) is 4.65. The van der Waals surface area contributed by atoms with Crippen molar-refractivity contribution in [1.29, 1.82) is 0 Å². The highest BCUT2D eigenvalue weighted by molar-refractivity contribution is 7.13. The molecule has 0 aliphatic heterocycles. The van der Waals surface area contributed by atoms with Crippen molar-refractivity contribution in [3.63, 3.8) is 0 Å². The number of aromatic nitrogens is 4. The second-order valence-corrected chi connectivity index (χ2v) is 6.44. The lowest BCUT2D eigenvalue weighted by molar-refractivity contribution is 0.0777. The van der Waals surface area contributed by atoms with Crippen molar-refractivity contribution >= 4 is 28.8 Å². The summed E-state index contributed by atoms with van der Waals surface area (Å²) in [5, 5.41) is 13.9. The van der Waals surface area contributed by atoms with Gasteiger partial charge in [-0.1, -0.05) is 17.7 Å². The number of nitrogens with zero attached hydrogens (tertiary/aromatic N) is 4. The first-order chi connectivity index (χ1) is 11.1. The fourth-order valence-electron chi connectivity index (χ4n) is 2.19. The second kappa shape index (κ2) is 6.55. The van der Waals surface area contributed by atoms with Gasteiger partial charge in [-0.05, 0) is 24.4 Å². The number of nitrogens with one attached hydrogen (secondary N) is 1. The van der Waals surface area contributed by atoms with Gasteiger partial charge in [-0.25, -0.2) is 0 Å². The molecule has 0 saturated carbocycles. The van der Waals surface area contributed by atoms with E-state index in [2.05, 4.69) is 15.3 Å². The van der Waals surface area contributed by atoms with E-state index in [1.54, 1.807) is 40.2 Å². The molecule has 1 amide bonds. The third-order valence-electron chi connectivity index (χ3n) is 3.43. The Bertz CT molecular complexity index is 808. The molecule has 3 rings (SSSR count). The second-order valence-electron chi connectivity index (χ2n) is 5.08. The number of carbonyl (C=O) groups excluding carboxylic acids is 1. The van der Waals surface area contributed by atoms with Crippen LogP contribution in [0.2, 0.25) is 5.02 Å². The summed E-state index contributed by atoms with van der Waals surface area (Å²) >= 11 is 7.74. The van der Waals surface area contributed by atoms with Gasteiger partial charge in [-0.15, -0.1) is 11.3 Å². The molecule has 0 atom stereocenters. The molecule has 0 aliphatic rings. The highest BCUT2D eigenvalue weighted by Crippen LogP contribution is 2.23. The van der Waals surface area contributed by atoms with E-state index in [4.69, 9.17) is 11.6 Å². The van der Waals surface area contributed by atoms with Crippen LogP contribution in [0.5, 0.6) is 0 Å². The Morgan fingerprint density at radius 3 is 3.00 bits per heavy atom. The molecule has 0 radical (unpaired) electrons. The molecule has 8 heteroatoms. The van der Waals surface area contributed by atoms with Gasteiger partial charge in [0.05, 0.1) is 22.1 Å². The maximum atomic E-state index is 12.5. The lowest BCUT2D eigenvalue weighted by Crippen LogP contribution is -2.27. The standard InChI is InChI=1S/C15H16ClN5OS/c1-3-21-8-10(16)13(19-21)9-20(2)15(22)12-7-11(17-18-12)14-5-4-6-23-14/h4-8H,3,9H2,1-2H3,(H,17,18). The summed E-state index contributed by atoms with van der Waals surface area (Å²) in [6.45, 7) is 3.06. The van der Waals surface area contributed by atoms with Gasteiger partial charge in [-0.2, -0.15) is 10.2 Å². The van der Waals surface area contributed by atoms with Crippen molar-refractivity contribution < 1.29 is 4.79 Å². The fraction of sp³-hybridized carbons (Fsp3) is 0.267. The van der Waals surface area contributed by atoms with E-state index in [9.17, 15) is 4.79 Å². The lowest BCUT2D eigenvalue weighted by Gasteiger charge is -2.14. The van der Waals surface area contributed by atoms with Crippen molar-refractivity contribution in [3.8, 4) is 10.6 Å². The average molecular weight is 350 g/mol.